The maximum atomic E-state index is 10.6. The third kappa shape index (κ3) is 10.9. The number of ketones is 1. The Hall–Kier alpha value is -1.14. The van der Waals surface area contributed by atoms with Gasteiger partial charge in [-0.25, -0.2) is 4.79 Å². The smallest absolute Gasteiger partial charge is 0.406 e. The van der Waals surface area contributed by atoms with Crippen LogP contribution in [0.1, 0.15) is 13.3 Å². The highest BCUT2D eigenvalue weighted by Gasteiger charge is 1.96. The number of hydrogen-bond acceptors (Lipinski definition) is 5. The summed E-state index contributed by atoms with van der Waals surface area (Å²) in [6.45, 7) is 3.66. The van der Waals surface area contributed by atoms with Gasteiger partial charge < -0.3 is 19.5 Å². The molecule has 0 aliphatic rings. The minimum absolute atomic E-state index is 0.114. The molecule has 0 unspecified atom stereocenters. The van der Waals surface area contributed by atoms with Crippen LogP contribution in [-0.2, 0) is 19.0 Å². The van der Waals surface area contributed by atoms with Gasteiger partial charge in [0.2, 0.25) is 0 Å². The van der Waals surface area contributed by atoms with E-state index in [2.05, 4.69) is 10.1 Å². The van der Waals surface area contributed by atoms with E-state index in [1.807, 2.05) is 0 Å². The molecule has 0 bridgehead atoms. The summed E-state index contributed by atoms with van der Waals surface area (Å²) >= 11 is 0. The Morgan fingerprint density at radius 1 is 1.06 bits per heavy atom. The number of methoxy groups -OCH3 is 1. The van der Waals surface area contributed by atoms with Crippen LogP contribution in [0.3, 0.4) is 0 Å². The molecule has 6 heteroatoms. The molecule has 0 saturated carbocycles. The van der Waals surface area contributed by atoms with Crippen molar-refractivity contribution in [2.24, 2.45) is 0 Å². The molecule has 0 spiro atoms. The molecule has 0 radical (unpaired) electrons. The second kappa shape index (κ2) is 10.4. The van der Waals surface area contributed by atoms with Crippen molar-refractivity contribution < 1.29 is 23.8 Å². The van der Waals surface area contributed by atoms with Crippen LogP contribution in [0.5, 0.6) is 0 Å². The molecule has 94 valence electrons. The highest BCUT2D eigenvalue weighted by molar-refractivity contribution is 5.75. The molecule has 0 aliphatic carbocycles. The van der Waals surface area contributed by atoms with Gasteiger partial charge in [0.05, 0.1) is 33.5 Å². The van der Waals surface area contributed by atoms with E-state index in [1.165, 1.54) is 14.0 Å². The Morgan fingerprint density at radius 2 is 1.69 bits per heavy atom. The summed E-state index contributed by atoms with van der Waals surface area (Å²) < 4.78 is 14.7. The van der Waals surface area contributed by atoms with E-state index in [0.717, 1.165) is 0 Å². The van der Waals surface area contributed by atoms with Gasteiger partial charge in [0.15, 0.2) is 0 Å². The molecule has 0 aromatic rings. The van der Waals surface area contributed by atoms with Crippen molar-refractivity contribution in [1.82, 2.24) is 5.32 Å². The Balaban J connectivity index is 3.04. The monoisotopic (exact) mass is 233 g/mol. The van der Waals surface area contributed by atoms with Crippen molar-refractivity contribution in [2.45, 2.75) is 13.3 Å². The molecule has 1 N–H and O–H groups in total. The van der Waals surface area contributed by atoms with E-state index in [1.54, 1.807) is 0 Å². The Kier molecular flexibility index (Phi) is 9.64. The van der Waals surface area contributed by atoms with Crippen molar-refractivity contribution in [3.8, 4) is 0 Å². The number of nitrogens with one attached hydrogen (secondary N) is 1. The van der Waals surface area contributed by atoms with Gasteiger partial charge in [0.25, 0.3) is 0 Å². The van der Waals surface area contributed by atoms with E-state index in [0.29, 0.717) is 39.4 Å². The first-order valence-electron chi connectivity index (χ1n) is 5.13. The van der Waals surface area contributed by atoms with Crippen molar-refractivity contribution in [3.63, 3.8) is 0 Å². The lowest BCUT2D eigenvalue weighted by Gasteiger charge is -2.05. The predicted octanol–water partition coefficient (Wildman–Crippen LogP) is 0.355. The van der Waals surface area contributed by atoms with Crippen LogP contribution in [0.2, 0.25) is 0 Å². The molecule has 0 saturated heterocycles. The van der Waals surface area contributed by atoms with E-state index < -0.39 is 6.09 Å². The Bertz CT molecular complexity index is 207. The lowest BCUT2D eigenvalue weighted by Crippen LogP contribution is -2.27. The van der Waals surface area contributed by atoms with E-state index in [4.69, 9.17) is 9.47 Å². The van der Waals surface area contributed by atoms with Gasteiger partial charge in [0, 0.05) is 13.0 Å². The molecule has 0 rings (SSSR count). The molecule has 0 aromatic heterocycles. The third-order valence-electron chi connectivity index (χ3n) is 1.67. The second-order valence-electron chi connectivity index (χ2n) is 3.10. The average molecular weight is 233 g/mol. The second-order valence-corrected chi connectivity index (χ2v) is 3.10. The fourth-order valence-corrected chi connectivity index (χ4v) is 0.835. The first kappa shape index (κ1) is 14.9. The highest BCUT2D eigenvalue weighted by atomic mass is 16.5. The maximum Gasteiger partial charge on any atom is 0.406 e. The molecule has 0 atom stereocenters. The fraction of sp³-hybridized carbons (Fsp3) is 0.800. The van der Waals surface area contributed by atoms with Crippen LogP contribution in [0.15, 0.2) is 0 Å². The van der Waals surface area contributed by atoms with Gasteiger partial charge in [-0.3, -0.25) is 4.79 Å². The van der Waals surface area contributed by atoms with Crippen LogP contribution in [-0.4, -0.2) is 52.0 Å². The van der Waals surface area contributed by atoms with Crippen LogP contribution in [0.25, 0.3) is 0 Å². The molecule has 6 nitrogen and oxygen atoms in total. The molecule has 0 heterocycles. The summed E-state index contributed by atoms with van der Waals surface area (Å²) in [6, 6.07) is 0. The zero-order valence-corrected chi connectivity index (χ0v) is 9.78. The minimum Gasteiger partial charge on any atom is -0.453 e. The first-order chi connectivity index (χ1) is 7.66. The number of carbonyl (C=O) groups excluding carboxylic acids is 2. The first-order valence-corrected chi connectivity index (χ1v) is 5.13. The van der Waals surface area contributed by atoms with Crippen LogP contribution in [0.4, 0.5) is 4.79 Å². The van der Waals surface area contributed by atoms with Crippen molar-refractivity contribution >= 4 is 11.9 Å². The molecular weight excluding hydrogens is 214 g/mol. The zero-order valence-electron chi connectivity index (χ0n) is 9.78. The largest absolute Gasteiger partial charge is 0.453 e. The SMILES string of the molecule is COC(=O)NCCOCCOCCC(C)=O. The van der Waals surface area contributed by atoms with Gasteiger partial charge in [0.1, 0.15) is 5.78 Å². The molecule has 0 aromatic carbocycles. The lowest BCUT2D eigenvalue weighted by atomic mass is 10.3. The number of rotatable bonds is 9. The lowest BCUT2D eigenvalue weighted by molar-refractivity contribution is -0.118. The zero-order chi connectivity index (χ0) is 12.2. The quantitative estimate of drug-likeness (QED) is 0.582. The highest BCUT2D eigenvalue weighted by Crippen LogP contribution is 1.85. The number of Topliss-reactive ketones (excluding diaryl/α,β-unsaturated/α-hetero) is 1. The predicted molar refractivity (Wildman–Crippen MR) is 57.3 cm³/mol. The van der Waals surface area contributed by atoms with Gasteiger partial charge in [-0.05, 0) is 6.92 Å². The van der Waals surface area contributed by atoms with Gasteiger partial charge in [-0.1, -0.05) is 0 Å². The van der Waals surface area contributed by atoms with Crippen LogP contribution >= 0.6 is 0 Å². The molecule has 0 aliphatic heterocycles. The topological polar surface area (TPSA) is 73.9 Å². The van der Waals surface area contributed by atoms with Crippen LogP contribution < -0.4 is 5.32 Å². The van der Waals surface area contributed by atoms with E-state index >= 15 is 0 Å². The summed E-state index contributed by atoms with van der Waals surface area (Å²) in [7, 11) is 1.30. The van der Waals surface area contributed by atoms with E-state index in [9.17, 15) is 9.59 Å². The van der Waals surface area contributed by atoms with Crippen LogP contribution in [0, 0.1) is 0 Å². The summed E-state index contributed by atoms with van der Waals surface area (Å²) in [4.78, 5) is 21.2. The fourth-order valence-electron chi connectivity index (χ4n) is 0.835. The molecular formula is C10H19NO5. The Morgan fingerprint density at radius 3 is 2.25 bits per heavy atom. The van der Waals surface area contributed by atoms with Gasteiger partial charge >= 0.3 is 6.09 Å². The van der Waals surface area contributed by atoms with Crippen molar-refractivity contribution in [1.29, 1.82) is 0 Å². The summed E-state index contributed by atoms with van der Waals surface area (Å²) in [5.74, 6) is 0.114. The number of carbonyl (C=O) groups is 2. The number of amides is 1. The van der Waals surface area contributed by atoms with Gasteiger partial charge in [-0.2, -0.15) is 0 Å². The number of ether oxygens (including phenoxy) is 3. The molecule has 0 fully saturated rings. The van der Waals surface area contributed by atoms with E-state index in [-0.39, 0.29) is 5.78 Å². The number of hydrogen-bond donors (Lipinski definition) is 1. The third-order valence-corrected chi connectivity index (χ3v) is 1.67. The van der Waals surface area contributed by atoms with Crippen molar-refractivity contribution in [2.75, 3.05) is 40.1 Å². The summed E-state index contributed by atoms with van der Waals surface area (Å²) in [6.07, 6.45) is -0.0366. The molecule has 1 amide bonds. The summed E-state index contributed by atoms with van der Waals surface area (Å²) in [5.41, 5.74) is 0. The summed E-state index contributed by atoms with van der Waals surface area (Å²) in [5, 5.41) is 2.48. The number of alkyl carbamates (subject to hydrolysis) is 1. The normalized spacial score (nSPS) is 9.88. The van der Waals surface area contributed by atoms with Crippen molar-refractivity contribution in [3.05, 3.63) is 0 Å². The average Bonchev–Trinajstić information content (AvgIpc) is 2.26. The minimum atomic E-state index is -0.471. The standard InChI is InChI=1S/C10H19NO5/c1-9(12)3-5-15-7-8-16-6-4-11-10(13)14-2/h3-8H2,1-2H3,(H,11,13). The Labute approximate surface area is 95.2 Å². The molecule has 16 heavy (non-hydrogen) atoms. The van der Waals surface area contributed by atoms with Gasteiger partial charge in [-0.15, -0.1) is 0 Å². The maximum absolute atomic E-state index is 10.6.